The second kappa shape index (κ2) is 13.3. The second-order valence-corrected chi connectivity index (χ2v) is 10.7. The van der Waals surface area contributed by atoms with E-state index in [1.807, 2.05) is 6.20 Å². The number of nitrogens with one attached hydrogen (secondary N) is 1. The quantitative estimate of drug-likeness (QED) is 0.506. The molecule has 4 rings (SSSR count). The molecule has 0 spiro atoms. The molecule has 0 unspecified atom stereocenters. The third-order valence-electron chi connectivity index (χ3n) is 8.18. The minimum Gasteiger partial charge on any atom is -0.382 e. The fourth-order valence-electron chi connectivity index (χ4n) is 6.15. The van der Waals surface area contributed by atoms with Crippen molar-refractivity contribution in [2.75, 3.05) is 11.9 Å². The summed E-state index contributed by atoms with van der Waals surface area (Å²) >= 11 is 0. The van der Waals surface area contributed by atoms with Gasteiger partial charge in [0.15, 0.2) is 5.65 Å². The fraction of sp³-hybridized carbons (Fsp3) is 0.759. The van der Waals surface area contributed by atoms with E-state index in [1.54, 1.807) is 0 Å². The Labute approximate surface area is 196 Å². The molecule has 178 valence electrons. The van der Waals surface area contributed by atoms with Crippen LogP contribution in [0, 0.1) is 5.92 Å². The van der Waals surface area contributed by atoms with Crippen molar-refractivity contribution in [1.29, 1.82) is 0 Å². The van der Waals surface area contributed by atoms with E-state index < -0.39 is 0 Å². The lowest BCUT2D eigenvalue weighted by atomic mass is 9.90. The minimum absolute atomic E-state index is 0.711. The van der Waals surface area contributed by atoms with Gasteiger partial charge in [0, 0.05) is 25.1 Å². The first-order valence-corrected chi connectivity index (χ1v) is 14.1. The zero-order valence-corrected chi connectivity index (χ0v) is 20.5. The second-order valence-electron chi connectivity index (χ2n) is 10.7. The first-order chi connectivity index (χ1) is 15.9. The highest BCUT2D eigenvalue weighted by atomic mass is 15.0. The topological polar surface area (TPSA) is 29.3 Å². The van der Waals surface area contributed by atoms with Crippen LogP contribution < -0.4 is 5.32 Å². The van der Waals surface area contributed by atoms with Gasteiger partial charge in [-0.2, -0.15) is 0 Å². The lowest BCUT2D eigenvalue weighted by Crippen LogP contribution is -2.11. The monoisotopic (exact) mass is 437 g/mol. The Balaban J connectivity index is 1.38. The standard InChI is InChI=1S/C29H47N3/c1-2-4-8-12-16-25(15-11-7-3-1)19-20-30-28-23-27(24-32-22-21-31-29(28)32)26-17-13-9-5-6-10-14-18-26/h21-26,30H,1-20H2. The predicted molar refractivity (Wildman–Crippen MR) is 138 cm³/mol. The van der Waals surface area contributed by atoms with Gasteiger partial charge < -0.3 is 9.72 Å². The van der Waals surface area contributed by atoms with Crippen LogP contribution in [0.5, 0.6) is 0 Å². The van der Waals surface area contributed by atoms with Gasteiger partial charge in [0.05, 0.1) is 5.69 Å². The van der Waals surface area contributed by atoms with Crippen molar-refractivity contribution in [3.05, 3.63) is 30.2 Å². The Bertz CT molecular complexity index is 758. The molecule has 2 saturated carbocycles. The average Bonchev–Trinajstić information content (AvgIpc) is 3.30. The highest BCUT2D eigenvalue weighted by Crippen LogP contribution is 2.33. The van der Waals surface area contributed by atoms with Crippen molar-refractivity contribution < 1.29 is 0 Å². The molecule has 2 heterocycles. The van der Waals surface area contributed by atoms with Gasteiger partial charge in [-0.1, -0.05) is 103 Å². The summed E-state index contributed by atoms with van der Waals surface area (Å²) in [5, 5.41) is 3.83. The van der Waals surface area contributed by atoms with Crippen LogP contribution in [-0.4, -0.2) is 15.9 Å². The number of anilines is 1. The molecule has 1 N–H and O–H groups in total. The van der Waals surface area contributed by atoms with E-state index in [0.29, 0.717) is 5.92 Å². The molecule has 3 nitrogen and oxygen atoms in total. The van der Waals surface area contributed by atoms with Crippen LogP contribution in [0.1, 0.15) is 133 Å². The summed E-state index contributed by atoms with van der Waals surface area (Å²) in [5.74, 6) is 1.61. The average molecular weight is 438 g/mol. The molecule has 0 amide bonds. The molecule has 0 aromatic carbocycles. The maximum Gasteiger partial charge on any atom is 0.160 e. The largest absolute Gasteiger partial charge is 0.382 e. The van der Waals surface area contributed by atoms with Crippen LogP contribution in [0.25, 0.3) is 5.65 Å². The number of pyridine rings is 1. The Kier molecular flexibility index (Phi) is 9.80. The molecule has 2 aromatic heterocycles. The molecular weight excluding hydrogens is 390 g/mol. The maximum absolute atomic E-state index is 4.68. The molecule has 2 fully saturated rings. The van der Waals surface area contributed by atoms with Crippen LogP contribution >= 0.6 is 0 Å². The van der Waals surface area contributed by atoms with Gasteiger partial charge >= 0.3 is 0 Å². The smallest absolute Gasteiger partial charge is 0.160 e. The van der Waals surface area contributed by atoms with Crippen LogP contribution in [0.2, 0.25) is 0 Å². The lowest BCUT2D eigenvalue weighted by molar-refractivity contribution is 0.397. The zero-order valence-electron chi connectivity index (χ0n) is 20.5. The first kappa shape index (κ1) is 23.6. The third kappa shape index (κ3) is 7.25. The normalized spacial score (nSPS) is 21.4. The Hall–Kier alpha value is -1.51. The molecule has 2 aromatic rings. The van der Waals surface area contributed by atoms with E-state index >= 15 is 0 Å². The minimum atomic E-state index is 0.711. The molecular formula is C29H47N3. The van der Waals surface area contributed by atoms with Crippen LogP contribution in [-0.2, 0) is 0 Å². The van der Waals surface area contributed by atoms with E-state index in [4.69, 9.17) is 0 Å². The molecule has 0 radical (unpaired) electrons. The van der Waals surface area contributed by atoms with E-state index in [2.05, 4.69) is 33.2 Å². The van der Waals surface area contributed by atoms with Crippen molar-refractivity contribution in [2.45, 2.75) is 128 Å². The fourth-order valence-corrected chi connectivity index (χ4v) is 6.15. The number of hydrogen-bond acceptors (Lipinski definition) is 2. The summed E-state index contributed by atoms with van der Waals surface area (Å²) in [4.78, 5) is 4.68. The molecule has 3 heteroatoms. The van der Waals surface area contributed by atoms with Crippen LogP contribution in [0.15, 0.2) is 24.7 Å². The van der Waals surface area contributed by atoms with Gasteiger partial charge in [0.25, 0.3) is 0 Å². The number of rotatable bonds is 5. The molecule has 2 aliphatic rings. The SMILES string of the molecule is c1cn2cc(C3CCCCCCCC3)cc(NCCC3CCCCCCCCCC3)c2n1. The van der Waals surface area contributed by atoms with Crippen molar-refractivity contribution in [1.82, 2.24) is 9.38 Å². The molecule has 0 bridgehead atoms. The van der Waals surface area contributed by atoms with E-state index in [1.165, 1.54) is 133 Å². The predicted octanol–water partition coefficient (Wildman–Crippen LogP) is 8.89. The van der Waals surface area contributed by atoms with E-state index in [-0.39, 0.29) is 0 Å². The molecule has 0 aliphatic heterocycles. The molecule has 2 aliphatic carbocycles. The van der Waals surface area contributed by atoms with Crippen molar-refractivity contribution in [2.24, 2.45) is 5.92 Å². The van der Waals surface area contributed by atoms with E-state index in [9.17, 15) is 0 Å². The molecule has 0 saturated heterocycles. The Morgan fingerprint density at radius 3 is 1.94 bits per heavy atom. The summed E-state index contributed by atoms with van der Waals surface area (Å²) < 4.78 is 2.26. The Morgan fingerprint density at radius 2 is 1.31 bits per heavy atom. The number of nitrogens with zero attached hydrogens (tertiary/aromatic N) is 2. The van der Waals surface area contributed by atoms with Crippen molar-refractivity contribution in [3.8, 4) is 0 Å². The van der Waals surface area contributed by atoms with Gasteiger partial charge in [-0.3, -0.25) is 0 Å². The van der Waals surface area contributed by atoms with Crippen molar-refractivity contribution in [3.63, 3.8) is 0 Å². The van der Waals surface area contributed by atoms with E-state index in [0.717, 1.165) is 18.1 Å². The number of aromatic nitrogens is 2. The zero-order chi connectivity index (χ0) is 21.8. The first-order valence-electron chi connectivity index (χ1n) is 14.1. The summed E-state index contributed by atoms with van der Waals surface area (Å²) in [6.45, 7) is 1.08. The number of imidazole rings is 1. The maximum atomic E-state index is 4.68. The third-order valence-corrected chi connectivity index (χ3v) is 8.18. The summed E-state index contributed by atoms with van der Waals surface area (Å²) in [6.07, 6.45) is 33.4. The van der Waals surface area contributed by atoms with Crippen LogP contribution in [0.3, 0.4) is 0 Å². The highest BCUT2D eigenvalue weighted by molar-refractivity contribution is 5.68. The van der Waals surface area contributed by atoms with Gasteiger partial charge in [-0.15, -0.1) is 0 Å². The van der Waals surface area contributed by atoms with Crippen LogP contribution in [0.4, 0.5) is 5.69 Å². The van der Waals surface area contributed by atoms with Gasteiger partial charge in [-0.25, -0.2) is 4.98 Å². The van der Waals surface area contributed by atoms with Gasteiger partial charge in [0.1, 0.15) is 0 Å². The Morgan fingerprint density at radius 1 is 0.750 bits per heavy atom. The molecule has 0 atom stereocenters. The van der Waals surface area contributed by atoms with Crippen molar-refractivity contribution >= 4 is 11.3 Å². The number of fused-ring (bicyclic) bond motifs is 1. The van der Waals surface area contributed by atoms with Gasteiger partial charge in [-0.05, 0) is 42.7 Å². The lowest BCUT2D eigenvalue weighted by Gasteiger charge is -2.20. The summed E-state index contributed by atoms with van der Waals surface area (Å²) in [5.41, 5.74) is 3.87. The highest BCUT2D eigenvalue weighted by Gasteiger charge is 2.16. The number of hydrogen-bond donors (Lipinski definition) is 1. The molecule has 32 heavy (non-hydrogen) atoms. The summed E-state index contributed by atoms with van der Waals surface area (Å²) in [6, 6.07) is 2.45. The summed E-state index contributed by atoms with van der Waals surface area (Å²) in [7, 11) is 0. The van der Waals surface area contributed by atoms with Gasteiger partial charge in [0.2, 0.25) is 0 Å².